The topological polar surface area (TPSA) is 207 Å². The van der Waals surface area contributed by atoms with Crippen molar-refractivity contribution in [3.63, 3.8) is 0 Å². The summed E-state index contributed by atoms with van der Waals surface area (Å²) in [6.07, 6.45) is 4.93. The van der Waals surface area contributed by atoms with Crippen molar-refractivity contribution in [1.29, 1.82) is 0 Å². The SMILES string of the molecule is CC(c1cccc(F)c1)n1nnc2c(-c3ccco3)nc(N)nc21.Nc1nc(-c2ccco2)c2nnn(-c3cc(Cl)c4[nH]ccc4c3)c2n1. The van der Waals surface area contributed by atoms with Crippen LogP contribution in [0.5, 0.6) is 0 Å². The fourth-order valence-corrected chi connectivity index (χ4v) is 5.70. The van der Waals surface area contributed by atoms with Crippen molar-refractivity contribution in [2.75, 3.05) is 11.5 Å². The Kier molecular flexibility index (Phi) is 7.18. The summed E-state index contributed by atoms with van der Waals surface area (Å²) in [7, 11) is 0. The molecule has 0 aliphatic rings. The zero-order valence-electron chi connectivity index (χ0n) is 25.4. The molecular weight excluding hydrogens is 653 g/mol. The molecule has 0 fully saturated rings. The highest BCUT2D eigenvalue weighted by atomic mass is 35.5. The molecule has 7 heterocycles. The Balaban J connectivity index is 0.000000142. The van der Waals surface area contributed by atoms with Crippen LogP contribution in [0, 0.1) is 5.82 Å². The summed E-state index contributed by atoms with van der Waals surface area (Å²) >= 11 is 6.35. The van der Waals surface area contributed by atoms with Crippen LogP contribution < -0.4 is 11.5 Å². The van der Waals surface area contributed by atoms with E-state index in [-0.39, 0.29) is 23.8 Å². The van der Waals surface area contributed by atoms with Gasteiger partial charge in [0.25, 0.3) is 0 Å². The Morgan fingerprint density at radius 1 is 0.796 bits per heavy atom. The maximum atomic E-state index is 13.5. The number of aromatic amines is 1. The Morgan fingerprint density at radius 2 is 1.47 bits per heavy atom. The lowest BCUT2D eigenvalue weighted by Gasteiger charge is -2.12. The summed E-state index contributed by atoms with van der Waals surface area (Å²) in [5.74, 6) is 0.958. The van der Waals surface area contributed by atoms with Crippen LogP contribution in [0.25, 0.3) is 61.8 Å². The van der Waals surface area contributed by atoms with Gasteiger partial charge in [0.15, 0.2) is 33.8 Å². The minimum absolute atomic E-state index is 0.0869. The van der Waals surface area contributed by atoms with Gasteiger partial charge in [0.2, 0.25) is 11.9 Å². The van der Waals surface area contributed by atoms with E-state index in [1.165, 1.54) is 12.1 Å². The zero-order valence-corrected chi connectivity index (χ0v) is 26.1. The molecule has 9 rings (SSSR count). The summed E-state index contributed by atoms with van der Waals surface area (Å²) in [4.78, 5) is 20.1. The number of benzene rings is 2. The van der Waals surface area contributed by atoms with Crippen molar-refractivity contribution in [2.24, 2.45) is 0 Å². The van der Waals surface area contributed by atoms with E-state index < -0.39 is 0 Å². The van der Waals surface area contributed by atoms with Crippen molar-refractivity contribution in [1.82, 2.24) is 54.9 Å². The number of furan rings is 2. The van der Waals surface area contributed by atoms with Gasteiger partial charge in [0, 0.05) is 11.6 Å². The van der Waals surface area contributed by atoms with Gasteiger partial charge in [0.1, 0.15) is 17.2 Å². The average Bonchev–Trinajstić information content (AvgIpc) is 3.93. The summed E-state index contributed by atoms with van der Waals surface area (Å²) in [6.45, 7) is 1.88. The van der Waals surface area contributed by atoms with E-state index in [1.54, 1.807) is 58.3 Å². The molecule has 242 valence electrons. The number of fused-ring (bicyclic) bond motifs is 3. The second kappa shape index (κ2) is 11.8. The second-order valence-electron chi connectivity index (χ2n) is 10.8. The standard InChI is InChI=1S/C16H10ClN7O.C16H13FN6O/c17-10-7-9(6-8-3-4-19-12(8)10)24-15-14(22-23-24)13(20-16(18)21-15)11-2-1-5-25-11;1-9(10-4-2-5-11(17)8-10)23-15-14(21-22-23)13(19-16(18)20-15)12-6-3-7-24-12/h1-7,19H,(H2,18,20,21);2-9H,1H3,(H2,18,19,20). The molecular formula is C32H23ClFN13O2. The molecule has 17 heteroatoms. The van der Waals surface area contributed by atoms with E-state index >= 15 is 0 Å². The molecule has 1 unspecified atom stereocenters. The highest BCUT2D eigenvalue weighted by Crippen LogP contribution is 2.31. The number of aromatic nitrogens is 11. The second-order valence-corrected chi connectivity index (χ2v) is 11.2. The fraction of sp³-hybridized carbons (Fsp3) is 0.0625. The molecule has 9 aromatic rings. The Morgan fingerprint density at radius 3 is 2.14 bits per heavy atom. The quantitative estimate of drug-likeness (QED) is 0.192. The molecule has 2 aromatic carbocycles. The van der Waals surface area contributed by atoms with E-state index in [9.17, 15) is 4.39 Å². The van der Waals surface area contributed by atoms with Crippen LogP contribution in [0.3, 0.4) is 0 Å². The van der Waals surface area contributed by atoms with E-state index in [0.717, 1.165) is 22.2 Å². The van der Waals surface area contributed by atoms with Crippen molar-refractivity contribution in [3.8, 4) is 28.6 Å². The van der Waals surface area contributed by atoms with Gasteiger partial charge in [-0.2, -0.15) is 14.6 Å². The molecule has 7 aromatic heterocycles. The molecule has 0 amide bonds. The van der Waals surface area contributed by atoms with Crippen LogP contribution >= 0.6 is 11.6 Å². The minimum Gasteiger partial charge on any atom is -0.463 e. The van der Waals surface area contributed by atoms with Crippen LogP contribution in [-0.2, 0) is 0 Å². The zero-order chi connectivity index (χ0) is 33.6. The van der Waals surface area contributed by atoms with Gasteiger partial charge in [-0.1, -0.05) is 34.2 Å². The van der Waals surface area contributed by atoms with Crippen molar-refractivity contribution < 1.29 is 13.2 Å². The molecule has 49 heavy (non-hydrogen) atoms. The smallest absolute Gasteiger partial charge is 0.222 e. The number of hydrogen-bond acceptors (Lipinski definition) is 12. The number of nitrogens with zero attached hydrogens (tertiary/aromatic N) is 10. The predicted molar refractivity (Wildman–Crippen MR) is 179 cm³/mol. The molecule has 0 aliphatic carbocycles. The summed E-state index contributed by atoms with van der Waals surface area (Å²) in [5.41, 5.74) is 16.9. The third-order valence-electron chi connectivity index (χ3n) is 7.71. The van der Waals surface area contributed by atoms with Crippen molar-refractivity contribution in [3.05, 3.63) is 102 Å². The van der Waals surface area contributed by atoms with Gasteiger partial charge in [0.05, 0.1) is 34.8 Å². The van der Waals surface area contributed by atoms with Crippen LogP contribution in [0.1, 0.15) is 18.5 Å². The number of nitrogen functional groups attached to an aromatic ring is 2. The first-order chi connectivity index (χ1) is 23.8. The van der Waals surface area contributed by atoms with E-state index in [4.69, 9.17) is 31.9 Å². The Labute approximate surface area is 279 Å². The van der Waals surface area contributed by atoms with Crippen molar-refractivity contribution >= 4 is 56.7 Å². The molecule has 0 spiro atoms. The molecule has 0 saturated carbocycles. The molecule has 0 bridgehead atoms. The maximum Gasteiger partial charge on any atom is 0.222 e. The van der Waals surface area contributed by atoms with Gasteiger partial charge in [-0.05, 0) is 67.1 Å². The molecule has 0 radical (unpaired) electrons. The first kappa shape index (κ1) is 29.7. The molecule has 15 nitrogen and oxygen atoms in total. The summed E-state index contributed by atoms with van der Waals surface area (Å²) in [5, 5.41) is 18.3. The number of rotatable bonds is 5. The van der Waals surface area contributed by atoms with Crippen LogP contribution in [0.2, 0.25) is 5.02 Å². The summed E-state index contributed by atoms with van der Waals surface area (Å²) in [6, 6.07) is 18.8. The number of H-pyrrole nitrogens is 1. The number of nitrogens with two attached hydrogens (primary N) is 2. The first-order valence-electron chi connectivity index (χ1n) is 14.7. The van der Waals surface area contributed by atoms with Gasteiger partial charge in [-0.25, -0.2) is 19.0 Å². The highest BCUT2D eigenvalue weighted by Gasteiger charge is 2.21. The largest absolute Gasteiger partial charge is 0.463 e. The minimum atomic E-state index is -0.311. The van der Waals surface area contributed by atoms with Gasteiger partial charge >= 0.3 is 0 Å². The summed E-state index contributed by atoms with van der Waals surface area (Å²) < 4.78 is 27.5. The molecule has 0 saturated heterocycles. The average molecular weight is 676 g/mol. The number of halogens is 2. The predicted octanol–water partition coefficient (Wildman–Crippen LogP) is 6.00. The lowest BCUT2D eigenvalue weighted by molar-refractivity contribution is 0.549. The molecule has 5 N–H and O–H groups in total. The molecule has 0 aliphatic heterocycles. The number of hydrogen-bond donors (Lipinski definition) is 3. The Hall–Kier alpha value is -6.68. The lowest BCUT2D eigenvalue weighted by atomic mass is 10.1. The first-order valence-corrected chi connectivity index (χ1v) is 15.1. The van der Waals surface area contributed by atoms with Crippen LogP contribution in [-0.4, -0.2) is 54.9 Å². The maximum absolute atomic E-state index is 13.5. The van der Waals surface area contributed by atoms with Crippen LogP contribution in [0.15, 0.2) is 94.3 Å². The van der Waals surface area contributed by atoms with E-state index in [1.807, 2.05) is 31.3 Å². The fourth-order valence-electron chi connectivity index (χ4n) is 5.42. The van der Waals surface area contributed by atoms with Gasteiger partial charge in [-0.3, -0.25) is 0 Å². The normalized spacial score (nSPS) is 12.1. The number of nitrogens with one attached hydrogen (secondary N) is 1. The van der Waals surface area contributed by atoms with Gasteiger partial charge < -0.3 is 25.3 Å². The monoisotopic (exact) mass is 675 g/mol. The third kappa shape index (κ3) is 5.35. The van der Waals surface area contributed by atoms with E-state index in [2.05, 4.69) is 45.5 Å². The van der Waals surface area contributed by atoms with Crippen LogP contribution in [0.4, 0.5) is 16.3 Å². The number of anilines is 2. The highest BCUT2D eigenvalue weighted by molar-refractivity contribution is 6.35. The van der Waals surface area contributed by atoms with Gasteiger partial charge in [-0.15, -0.1) is 10.2 Å². The molecule has 1 atom stereocenters. The van der Waals surface area contributed by atoms with Crippen molar-refractivity contribution in [2.45, 2.75) is 13.0 Å². The lowest BCUT2D eigenvalue weighted by Crippen LogP contribution is -2.10. The Bertz CT molecular complexity index is 2590. The van der Waals surface area contributed by atoms with E-state index in [0.29, 0.717) is 50.3 Å². The third-order valence-corrected chi connectivity index (χ3v) is 8.00.